The van der Waals surface area contributed by atoms with E-state index in [4.69, 9.17) is 8.83 Å². The van der Waals surface area contributed by atoms with Crippen LogP contribution in [-0.2, 0) is 0 Å². The van der Waals surface area contributed by atoms with E-state index >= 15 is 0 Å². The highest BCUT2D eigenvalue weighted by atomic mass is 16.3. The minimum atomic E-state index is -0.277. The monoisotopic (exact) mass is 852 g/mol. The molecule has 12 rings (SSSR count). The van der Waals surface area contributed by atoms with Crippen molar-refractivity contribution in [3.63, 3.8) is 0 Å². The van der Waals surface area contributed by atoms with Gasteiger partial charge in [0.05, 0.1) is 5.54 Å². The Labute approximate surface area is 385 Å². The van der Waals surface area contributed by atoms with Crippen LogP contribution in [0.1, 0.15) is 32.3 Å². The first kappa shape index (κ1) is 39.5. The van der Waals surface area contributed by atoms with E-state index in [9.17, 15) is 0 Å². The molecule has 2 aliphatic carbocycles. The third kappa shape index (κ3) is 6.85. The lowest BCUT2D eigenvalue weighted by molar-refractivity contribution is 0.510. The molecule has 2 aliphatic rings. The van der Waals surface area contributed by atoms with Gasteiger partial charge >= 0.3 is 0 Å². The fourth-order valence-corrected chi connectivity index (χ4v) is 10.2. The second-order valence-corrected chi connectivity index (χ2v) is 17.9. The number of furan rings is 2. The normalized spacial score (nSPS) is 17.1. The summed E-state index contributed by atoms with van der Waals surface area (Å²) in [6, 6.07) is 67.0. The second-order valence-electron chi connectivity index (χ2n) is 17.9. The van der Waals surface area contributed by atoms with Crippen LogP contribution in [0, 0.1) is 5.92 Å². The van der Waals surface area contributed by atoms with Crippen molar-refractivity contribution < 1.29 is 8.83 Å². The molecular formula is C62H48N2O2. The molecule has 0 saturated heterocycles. The molecule has 0 radical (unpaired) electrons. The van der Waals surface area contributed by atoms with Crippen LogP contribution in [-0.4, -0.2) is 5.54 Å². The van der Waals surface area contributed by atoms with Crippen LogP contribution in [0.25, 0.3) is 71.7 Å². The Morgan fingerprint density at radius 2 is 1.00 bits per heavy atom. The summed E-state index contributed by atoms with van der Waals surface area (Å²) in [5.41, 5.74) is 16.1. The zero-order valence-corrected chi connectivity index (χ0v) is 37.1. The van der Waals surface area contributed by atoms with Gasteiger partial charge < -0.3 is 18.6 Å². The third-order valence-electron chi connectivity index (χ3n) is 13.7. The minimum absolute atomic E-state index is 0.277. The average molecular weight is 853 g/mol. The highest BCUT2D eigenvalue weighted by Crippen LogP contribution is 2.44. The summed E-state index contributed by atoms with van der Waals surface area (Å²) in [5.74, 6) is 0.386. The van der Waals surface area contributed by atoms with Crippen molar-refractivity contribution in [2.75, 3.05) is 9.80 Å². The molecule has 4 nitrogen and oxygen atoms in total. The zero-order chi connectivity index (χ0) is 44.2. The average Bonchev–Trinajstić information content (AvgIpc) is 3.95. The second kappa shape index (κ2) is 16.2. The molecule has 2 atom stereocenters. The van der Waals surface area contributed by atoms with Gasteiger partial charge in [0.2, 0.25) is 0 Å². The molecule has 2 aromatic heterocycles. The number of allylic oxidation sites excluding steroid dienone is 6. The Morgan fingerprint density at radius 1 is 0.500 bits per heavy atom. The van der Waals surface area contributed by atoms with Crippen molar-refractivity contribution in [2.24, 2.45) is 5.92 Å². The first-order valence-electron chi connectivity index (χ1n) is 23.0. The molecule has 8 aromatic carbocycles. The lowest BCUT2D eigenvalue weighted by Crippen LogP contribution is -2.46. The highest BCUT2D eigenvalue weighted by molar-refractivity contribution is 6.10. The molecule has 0 spiro atoms. The summed E-state index contributed by atoms with van der Waals surface area (Å²) in [6.45, 7) is 4.71. The topological polar surface area (TPSA) is 32.8 Å². The summed E-state index contributed by atoms with van der Waals surface area (Å²) in [6.07, 6.45) is 15.8. The molecule has 2 unspecified atom stereocenters. The molecule has 0 fully saturated rings. The number of anilines is 4. The lowest BCUT2D eigenvalue weighted by atomic mass is 9.84. The molecular weight excluding hydrogens is 805 g/mol. The molecule has 2 heterocycles. The van der Waals surface area contributed by atoms with Crippen molar-refractivity contribution in [1.82, 2.24) is 0 Å². The van der Waals surface area contributed by atoms with E-state index < -0.39 is 0 Å². The van der Waals surface area contributed by atoms with E-state index in [2.05, 4.69) is 224 Å². The first-order valence-corrected chi connectivity index (χ1v) is 23.0. The van der Waals surface area contributed by atoms with Gasteiger partial charge in [-0.1, -0.05) is 165 Å². The van der Waals surface area contributed by atoms with E-state index in [1.807, 2.05) is 24.3 Å². The van der Waals surface area contributed by atoms with Gasteiger partial charge in [0, 0.05) is 61.1 Å². The summed E-state index contributed by atoms with van der Waals surface area (Å²) in [5, 5.41) is 4.57. The van der Waals surface area contributed by atoms with Crippen LogP contribution in [0.15, 0.2) is 239 Å². The molecule has 0 N–H and O–H groups in total. The zero-order valence-electron chi connectivity index (χ0n) is 37.1. The Balaban J connectivity index is 0.827. The van der Waals surface area contributed by atoms with Gasteiger partial charge in [-0.25, -0.2) is 0 Å². The molecule has 4 heteroatoms. The molecule has 0 amide bonds. The summed E-state index contributed by atoms with van der Waals surface area (Å²) in [7, 11) is 0. The van der Waals surface area contributed by atoms with E-state index in [1.165, 1.54) is 22.5 Å². The van der Waals surface area contributed by atoms with Crippen molar-refractivity contribution in [2.45, 2.75) is 32.2 Å². The van der Waals surface area contributed by atoms with Crippen LogP contribution in [0.2, 0.25) is 0 Å². The number of fused-ring (bicyclic) bond motifs is 6. The Morgan fingerprint density at radius 3 is 1.55 bits per heavy atom. The fourth-order valence-electron chi connectivity index (χ4n) is 10.2. The predicted molar refractivity (Wildman–Crippen MR) is 277 cm³/mol. The highest BCUT2D eigenvalue weighted by Gasteiger charge is 2.35. The summed E-state index contributed by atoms with van der Waals surface area (Å²) < 4.78 is 12.8. The van der Waals surface area contributed by atoms with Crippen LogP contribution in [0.3, 0.4) is 0 Å². The van der Waals surface area contributed by atoms with Gasteiger partial charge in [0.25, 0.3) is 0 Å². The standard InChI is InChI=1S/C62H48N2O2/c1-42-14-6-9-23-57(42)64(50-36-30-46(31-37-50)52-20-13-22-56-54-18-8-11-25-59(54)66-61(52)56)62(2)40-38-44(39-41-62)43-26-32-48(33-27-43)63(47-15-4-3-5-16-47)49-34-28-45(29-35-49)51-19-12-21-55-53-17-7-10-24-58(53)65-60(51)55/h3-13,15-40,42H,14,41H2,1-2H3. The molecule has 0 saturated carbocycles. The quantitative estimate of drug-likeness (QED) is 0.145. The van der Waals surface area contributed by atoms with Crippen LogP contribution in [0.5, 0.6) is 0 Å². The van der Waals surface area contributed by atoms with Gasteiger partial charge in [-0.3, -0.25) is 0 Å². The van der Waals surface area contributed by atoms with Crippen LogP contribution < -0.4 is 9.80 Å². The van der Waals surface area contributed by atoms with Crippen molar-refractivity contribution in [1.29, 1.82) is 0 Å². The number of hydrogen-bond acceptors (Lipinski definition) is 4. The Hall–Kier alpha value is -8.08. The number of rotatable bonds is 9. The van der Waals surface area contributed by atoms with Crippen molar-refractivity contribution in [3.05, 3.63) is 236 Å². The Kier molecular flexibility index (Phi) is 9.68. The molecule has 66 heavy (non-hydrogen) atoms. The minimum Gasteiger partial charge on any atom is -0.455 e. The molecule has 10 aromatic rings. The molecule has 0 bridgehead atoms. The maximum atomic E-state index is 6.43. The largest absolute Gasteiger partial charge is 0.455 e. The first-order chi connectivity index (χ1) is 32.5. The number of benzene rings is 8. The summed E-state index contributed by atoms with van der Waals surface area (Å²) in [4.78, 5) is 4.89. The smallest absolute Gasteiger partial charge is 0.143 e. The van der Waals surface area contributed by atoms with Crippen LogP contribution in [0.4, 0.5) is 22.7 Å². The van der Waals surface area contributed by atoms with E-state index in [-0.39, 0.29) is 5.54 Å². The Bertz CT molecular complexity index is 3550. The molecule has 318 valence electrons. The number of hydrogen-bond donors (Lipinski definition) is 0. The maximum Gasteiger partial charge on any atom is 0.143 e. The van der Waals surface area contributed by atoms with Crippen molar-refractivity contribution >= 4 is 72.2 Å². The van der Waals surface area contributed by atoms with E-state index in [1.54, 1.807) is 0 Å². The fraction of sp³-hybridized carbons (Fsp3) is 0.0968. The predicted octanol–water partition coefficient (Wildman–Crippen LogP) is 17.4. The number of nitrogens with zero attached hydrogens (tertiary/aromatic N) is 2. The van der Waals surface area contributed by atoms with E-state index in [0.29, 0.717) is 5.92 Å². The van der Waals surface area contributed by atoms with E-state index in [0.717, 1.165) is 96.0 Å². The SMILES string of the molecule is CC1CC=CC=C1N(c1ccc(-c2cccc3c2oc2ccccc23)cc1)C1(C)C=CC(c2ccc(N(c3ccccc3)c3ccc(-c4cccc5c4oc4ccccc45)cc3)cc2)=CC1. The van der Waals surface area contributed by atoms with Gasteiger partial charge in [-0.2, -0.15) is 0 Å². The van der Waals surface area contributed by atoms with Gasteiger partial charge in [0.1, 0.15) is 22.3 Å². The van der Waals surface area contributed by atoms with Crippen molar-refractivity contribution in [3.8, 4) is 22.3 Å². The lowest BCUT2D eigenvalue weighted by Gasteiger charge is -2.45. The summed E-state index contributed by atoms with van der Waals surface area (Å²) >= 11 is 0. The molecule has 0 aliphatic heterocycles. The van der Waals surface area contributed by atoms with Crippen LogP contribution >= 0.6 is 0 Å². The third-order valence-corrected chi connectivity index (χ3v) is 13.7. The number of para-hydroxylation sites is 5. The maximum absolute atomic E-state index is 6.43. The van der Waals surface area contributed by atoms with Gasteiger partial charge in [-0.15, -0.1) is 0 Å². The van der Waals surface area contributed by atoms with Gasteiger partial charge in [0.15, 0.2) is 0 Å². The van der Waals surface area contributed by atoms with Gasteiger partial charge in [-0.05, 0) is 115 Å².